The van der Waals surface area contributed by atoms with Gasteiger partial charge in [-0.3, -0.25) is 4.99 Å². The smallest absolute Gasteiger partial charge is 0.193 e. The molecule has 1 saturated carbocycles. The molecule has 0 bridgehead atoms. The van der Waals surface area contributed by atoms with Gasteiger partial charge in [0.2, 0.25) is 0 Å². The van der Waals surface area contributed by atoms with Crippen LogP contribution in [-0.2, 0) is 9.47 Å². The predicted octanol–water partition coefficient (Wildman–Crippen LogP) is 2.37. The molecule has 22 heavy (non-hydrogen) atoms. The molecule has 0 saturated heterocycles. The maximum atomic E-state index is 5.47. The molecule has 0 atom stereocenters. The molecule has 0 radical (unpaired) electrons. The van der Waals surface area contributed by atoms with Crippen LogP contribution in [0.4, 0.5) is 0 Å². The molecule has 1 rings (SSSR count). The van der Waals surface area contributed by atoms with Gasteiger partial charge >= 0.3 is 0 Å². The van der Waals surface area contributed by atoms with E-state index in [9.17, 15) is 0 Å². The molecule has 1 fully saturated rings. The fraction of sp³-hybridized carbons (Fsp3) is 0.941. The highest BCUT2D eigenvalue weighted by molar-refractivity contribution is 5.79. The first-order chi connectivity index (χ1) is 10.7. The summed E-state index contributed by atoms with van der Waals surface area (Å²) in [4.78, 5) is 6.93. The average molecular weight is 313 g/mol. The summed E-state index contributed by atoms with van der Waals surface area (Å²) in [6, 6.07) is 0. The van der Waals surface area contributed by atoms with Crippen molar-refractivity contribution >= 4 is 5.96 Å². The van der Waals surface area contributed by atoms with Gasteiger partial charge in [-0.15, -0.1) is 0 Å². The summed E-state index contributed by atoms with van der Waals surface area (Å²) < 4.78 is 10.4. The standard InChI is InChI=1S/C17H35N3O2/c1-5-18-17(19-10-11-22-13-12-21-4)20(3)14-16-8-6-15(2)7-9-16/h15-16H,5-14H2,1-4H3,(H,18,19). The highest BCUT2D eigenvalue weighted by Crippen LogP contribution is 2.28. The van der Waals surface area contributed by atoms with Crippen molar-refractivity contribution in [2.75, 3.05) is 53.6 Å². The summed E-state index contributed by atoms with van der Waals surface area (Å²) in [7, 11) is 3.83. The highest BCUT2D eigenvalue weighted by atomic mass is 16.5. The van der Waals surface area contributed by atoms with Gasteiger partial charge in [0, 0.05) is 27.2 Å². The Balaban J connectivity index is 2.33. The summed E-state index contributed by atoms with van der Waals surface area (Å²) in [6.07, 6.45) is 5.45. The van der Waals surface area contributed by atoms with E-state index < -0.39 is 0 Å². The maximum absolute atomic E-state index is 5.47. The third-order valence-corrected chi connectivity index (χ3v) is 4.29. The van der Waals surface area contributed by atoms with E-state index in [0.29, 0.717) is 26.4 Å². The minimum Gasteiger partial charge on any atom is -0.382 e. The molecule has 1 aliphatic rings. The van der Waals surface area contributed by atoms with E-state index in [0.717, 1.165) is 30.9 Å². The Morgan fingerprint density at radius 2 is 1.91 bits per heavy atom. The van der Waals surface area contributed by atoms with Crippen molar-refractivity contribution < 1.29 is 9.47 Å². The molecule has 0 unspecified atom stereocenters. The highest BCUT2D eigenvalue weighted by Gasteiger charge is 2.20. The Hall–Kier alpha value is -0.810. The zero-order chi connectivity index (χ0) is 16.2. The molecule has 1 N–H and O–H groups in total. The van der Waals surface area contributed by atoms with Crippen molar-refractivity contribution in [2.45, 2.75) is 39.5 Å². The Labute approximate surface area is 136 Å². The summed E-state index contributed by atoms with van der Waals surface area (Å²) in [5, 5.41) is 3.38. The second-order valence-corrected chi connectivity index (χ2v) is 6.35. The van der Waals surface area contributed by atoms with Gasteiger partial charge in [0.05, 0.1) is 26.4 Å². The van der Waals surface area contributed by atoms with Crippen molar-refractivity contribution in [3.63, 3.8) is 0 Å². The number of aliphatic imine (C=N–C) groups is 1. The monoisotopic (exact) mass is 313 g/mol. The Kier molecular flexibility index (Phi) is 10.2. The predicted molar refractivity (Wildman–Crippen MR) is 92.4 cm³/mol. The number of methoxy groups -OCH3 is 1. The fourth-order valence-corrected chi connectivity index (χ4v) is 2.92. The first-order valence-electron chi connectivity index (χ1n) is 8.73. The number of ether oxygens (including phenoxy) is 2. The van der Waals surface area contributed by atoms with E-state index in [4.69, 9.17) is 9.47 Å². The largest absolute Gasteiger partial charge is 0.382 e. The van der Waals surface area contributed by atoms with Crippen LogP contribution >= 0.6 is 0 Å². The number of nitrogens with one attached hydrogen (secondary N) is 1. The van der Waals surface area contributed by atoms with Gasteiger partial charge in [0.1, 0.15) is 0 Å². The molecule has 5 heteroatoms. The molecule has 1 aliphatic carbocycles. The van der Waals surface area contributed by atoms with Crippen molar-refractivity contribution in [2.24, 2.45) is 16.8 Å². The summed E-state index contributed by atoms with van der Waals surface area (Å²) in [5.74, 6) is 2.71. The lowest BCUT2D eigenvalue weighted by atomic mass is 9.83. The van der Waals surface area contributed by atoms with Crippen LogP contribution in [0.15, 0.2) is 4.99 Å². The van der Waals surface area contributed by atoms with Gasteiger partial charge < -0.3 is 19.7 Å². The Morgan fingerprint density at radius 1 is 1.18 bits per heavy atom. The number of rotatable bonds is 9. The zero-order valence-electron chi connectivity index (χ0n) is 14.9. The molecule has 0 spiro atoms. The van der Waals surface area contributed by atoms with Crippen LogP contribution < -0.4 is 5.32 Å². The molecular formula is C17H35N3O2. The lowest BCUT2D eigenvalue weighted by Gasteiger charge is -2.31. The molecule has 0 aromatic carbocycles. The van der Waals surface area contributed by atoms with Crippen LogP contribution in [0.5, 0.6) is 0 Å². The van der Waals surface area contributed by atoms with E-state index >= 15 is 0 Å². The quantitative estimate of drug-likeness (QED) is 0.403. The summed E-state index contributed by atoms with van der Waals surface area (Å²) in [6.45, 7) is 9.10. The van der Waals surface area contributed by atoms with Crippen LogP contribution in [0.1, 0.15) is 39.5 Å². The lowest BCUT2D eigenvalue weighted by molar-refractivity contribution is 0.0747. The van der Waals surface area contributed by atoms with Gasteiger partial charge in [0.25, 0.3) is 0 Å². The molecule has 0 aromatic heterocycles. The summed E-state index contributed by atoms with van der Waals surface area (Å²) >= 11 is 0. The third-order valence-electron chi connectivity index (χ3n) is 4.29. The third kappa shape index (κ3) is 7.99. The van der Waals surface area contributed by atoms with Gasteiger partial charge in [-0.05, 0) is 31.6 Å². The minimum absolute atomic E-state index is 0.638. The number of hydrogen-bond donors (Lipinski definition) is 1. The molecule has 130 valence electrons. The lowest BCUT2D eigenvalue weighted by Crippen LogP contribution is -2.42. The van der Waals surface area contributed by atoms with E-state index in [-0.39, 0.29) is 0 Å². The average Bonchev–Trinajstić information content (AvgIpc) is 2.51. The van der Waals surface area contributed by atoms with E-state index in [1.807, 2.05) is 0 Å². The number of hydrogen-bond acceptors (Lipinski definition) is 3. The van der Waals surface area contributed by atoms with Gasteiger partial charge in [0.15, 0.2) is 5.96 Å². The van der Waals surface area contributed by atoms with E-state index in [1.165, 1.54) is 25.7 Å². The SMILES string of the molecule is CCNC(=NCCOCCOC)N(C)CC1CCC(C)CC1. The topological polar surface area (TPSA) is 46.1 Å². The molecule has 0 heterocycles. The first kappa shape index (κ1) is 19.2. The van der Waals surface area contributed by atoms with Crippen LogP contribution in [-0.4, -0.2) is 64.5 Å². The van der Waals surface area contributed by atoms with Crippen LogP contribution in [0, 0.1) is 11.8 Å². The van der Waals surface area contributed by atoms with Crippen molar-refractivity contribution in [3.8, 4) is 0 Å². The number of nitrogens with zero attached hydrogens (tertiary/aromatic N) is 2. The Morgan fingerprint density at radius 3 is 2.55 bits per heavy atom. The minimum atomic E-state index is 0.638. The van der Waals surface area contributed by atoms with E-state index in [2.05, 4.69) is 36.1 Å². The molecule has 0 aromatic rings. The summed E-state index contributed by atoms with van der Waals surface area (Å²) in [5.41, 5.74) is 0. The molecule has 5 nitrogen and oxygen atoms in total. The van der Waals surface area contributed by atoms with Crippen molar-refractivity contribution in [3.05, 3.63) is 0 Å². The van der Waals surface area contributed by atoms with Crippen molar-refractivity contribution in [1.82, 2.24) is 10.2 Å². The second-order valence-electron chi connectivity index (χ2n) is 6.35. The van der Waals surface area contributed by atoms with Gasteiger partial charge in [-0.1, -0.05) is 19.8 Å². The van der Waals surface area contributed by atoms with Crippen LogP contribution in [0.3, 0.4) is 0 Å². The number of guanidine groups is 1. The van der Waals surface area contributed by atoms with Crippen LogP contribution in [0.25, 0.3) is 0 Å². The van der Waals surface area contributed by atoms with Crippen molar-refractivity contribution in [1.29, 1.82) is 0 Å². The Bertz CT molecular complexity index is 302. The molecule has 0 amide bonds. The van der Waals surface area contributed by atoms with Gasteiger partial charge in [-0.25, -0.2) is 0 Å². The van der Waals surface area contributed by atoms with Gasteiger partial charge in [-0.2, -0.15) is 0 Å². The fourth-order valence-electron chi connectivity index (χ4n) is 2.92. The zero-order valence-corrected chi connectivity index (χ0v) is 14.9. The molecular weight excluding hydrogens is 278 g/mol. The maximum Gasteiger partial charge on any atom is 0.193 e. The normalized spacial score (nSPS) is 22.6. The second kappa shape index (κ2) is 11.7. The van der Waals surface area contributed by atoms with Crippen LogP contribution in [0.2, 0.25) is 0 Å². The first-order valence-corrected chi connectivity index (χ1v) is 8.73. The van der Waals surface area contributed by atoms with E-state index in [1.54, 1.807) is 7.11 Å². The molecule has 0 aliphatic heterocycles.